The van der Waals surface area contributed by atoms with Gasteiger partial charge in [0.25, 0.3) is 0 Å². The first-order valence-electron chi connectivity index (χ1n) is 5.30. The molecule has 7 heteroatoms. The lowest BCUT2D eigenvalue weighted by Crippen LogP contribution is -2.43. The van der Waals surface area contributed by atoms with E-state index >= 15 is 0 Å². The second-order valence-corrected chi connectivity index (χ2v) is 3.92. The van der Waals surface area contributed by atoms with Gasteiger partial charge in [-0.05, 0) is 6.07 Å². The Labute approximate surface area is 108 Å². The van der Waals surface area contributed by atoms with Gasteiger partial charge in [0.1, 0.15) is 5.82 Å². The first kappa shape index (κ1) is 15.2. The van der Waals surface area contributed by atoms with E-state index in [-0.39, 0.29) is 18.0 Å². The molecule has 1 aromatic rings. The third-order valence-corrected chi connectivity index (χ3v) is 2.75. The topological polar surface area (TPSA) is 24.1 Å². The summed E-state index contributed by atoms with van der Waals surface area (Å²) < 4.78 is 51.3. The first-order valence-corrected chi connectivity index (χ1v) is 5.30. The van der Waals surface area contributed by atoms with Gasteiger partial charge in [-0.3, -0.25) is 0 Å². The lowest BCUT2D eigenvalue weighted by Gasteiger charge is -2.26. The van der Waals surface area contributed by atoms with Crippen LogP contribution in [0.1, 0.15) is 17.2 Å². The van der Waals surface area contributed by atoms with Crippen LogP contribution in [0.15, 0.2) is 18.2 Å². The molecule has 18 heavy (non-hydrogen) atoms. The lowest BCUT2D eigenvalue weighted by atomic mass is 10.0. The van der Waals surface area contributed by atoms with E-state index in [0.29, 0.717) is 13.1 Å². The van der Waals surface area contributed by atoms with E-state index in [0.717, 1.165) is 12.6 Å². The molecule has 0 aromatic heterocycles. The molecule has 1 aromatic carbocycles. The van der Waals surface area contributed by atoms with Crippen molar-refractivity contribution in [1.82, 2.24) is 10.6 Å². The molecular weight excluding hydrogens is 272 g/mol. The van der Waals surface area contributed by atoms with Crippen LogP contribution in [0.2, 0.25) is 0 Å². The Balaban J connectivity index is 0.00000162. The van der Waals surface area contributed by atoms with Crippen LogP contribution in [-0.4, -0.2) is 19.6 Å². The Morgan fingerprint density at radius 2 is 1.89 bits per heavy atom. The number of hydrogen-bond acceptors (Lipinski definition) is 2. The molecule has 1 fully saturated rings. The molecule has 1 heterocycles. The number of nitrogens with one attached hydrogen (secondary N) is 2. The number of halogens is 5. The summed E-state index contributed by atoms with van der Waals surface area (Å²) in [5.41, 5.74) is -1.14. The van der Waals surface area contributed by atoms with E-state index < -0.39 is 23.6 Å². The molecule has 2 rings (SSSR count). The zero-order valence-corrected chi connectivity index (χ0v) is 10.2. The minimum atomic E-state index is -4.65. The molecule has 1 aliphatic rings. The molecule has 0 radical (unpaired) electrons. The molecule has 102 valence electrons. The molecule has 0 spiro atoms. The Kier molecular flexibility index (Phi) is 4.95. The van der Waals surface area contributed by atoms with Gasteiger partial charge in [-0.25, -0.2) is 4.39 Å². The maximum absolute atomic E-state index is 13.8. The highest BCUT2D eigenvalue weighted by atomic mass is 35.5. The van der Waals surface area contributed by atoms with E-state index in [2.05, 4.69) is 10.6 Å². The SMILES string of the molecule is Cl.Fc1c([C@H]2CNCCN2)cccc1C(F)(F)F. The van der Waals surface area contributed by atoms with Crippen LogP contribution >= 0.6 is 12.4 Å². The zero-order chi connectivity index (χ0) is 12.5. The minimum Gasteiger partial charge on any atom is -0.314 e. The maximum atomic E-state index is 13.8. The fraction of sp³-hybridized carbons (Fsp3) is 0.455. The van der Waals surface area contributed by atoms with Crippen LogP contribution in [0, 0.1) is 5.82 Å². The molecular formula is C11H13ClF4N2. The van der Waals surface area contributed by atoms with Crippen LogP contribution in [0.5, 0.6) is 0 Å². The number of hydrogen-bond donors (Lipinski definition) is 2. The molecule has 0 saturated carbocycles. The predicted molar refractivity (Wildman–Crippen MR) is 62.3 cm³/mol. The van der Waals surface area contributed by atoms with Gasteiger partial charge in [-0.1, -0.05) is 12.1 Å². The highest BCUT2D eigenvalue weighted by molar-refractivity contribution is 5.85. The molecule has 0 amide bonds. The summed E-state index contributed by atoms with van der Waals surface area (Å²) in [5, 5.41) is 5.99. The highest BCUT2D eigenvalue weighted by Gasteiger charge is 2.35. The van der Waals surface area contributed by atoms with Gasteiger partial charge in [0.05, 0.1) is 5.56 Å². The minimum absolute atomic E-state index is 0. The van der Waals surface area contributed by atoms with Gasteiger partial charge in [-0.2, -0.15) is 13.2 Å². The Bertz CT molecular complexity index is 403. The molecule has 1 saturated heterocycles. The van der Waals surface area contributed by atoms with Crippen LogP contribution in [-0.2, 0) is 6.18 Å². The molecule has 2 nitrogen and oxygen atoms in total. The maximum Gasteiger partial charge on any atom is 0.419 e. The third kappa shape index (κ3) is 3.13. The first-order chi connectivity index (χ1) is 8.00. The normalized spacial score (nSPS) is 20.3. The predicted octanol–water partition coefficient (Wildman–Crippen LogP) is 2.50. The van der Waals surface area contributed by atoms with Crippen LogP contribution < -0.4 is 10.6 Å². The van der Waals surface area contributed by atoms with Gasteiger partial charge in [0.15, 0.2) is 0 Å². The lowest BCUT2D eigenvalue weighted by molar-refractivity contribution is -0.140. The van der Waals surface area contributed by atoms with Crippen molar-refractivity contribution < 1.29 is 17.6 Å². The van der Waals surface area contributed by atoms with Crippen molar-refractivity contribution in [2.45, 2.75) is 12.2 Å². The van der Waals surface area contributed by atoms with E-state index in [1.807, 2.05) is 0 Å². The summed E-state index contributed by atoms with van der Waals surface area (Å²) in [6.07, 6.45) is -4.65. The standard InChI is InChI=1S/C11H12F4N2.ClH/c12-10-7(9-6-16-4-5-17-9)2-1-3-8(10)11(13,14)15;/h1-3,9,16-17H,4-6H2;1H/t9-;/m1./s1. The average Bonchev–Trinajstić information content (AvgIpc) is 2.29. The zero-order valence-electron chi connectivity index (χ0n) is 9.35. The number of rotatable bonds is 1. The van der Waals surface area contributed by atoms with Gasteiger partial charge in [-0.15, -0.1) is 12.4 Å². The molecule has 0 aliphatic carbocycles. The van der Waals surface area contributed by atoms with Crippen LogP contribution in [0.3, 0.4) is 0 Å². The van der Waals surface area contributed by atoms with Crippen molar-refractivity contribution in [3.63, 3.8) is 0 Å². The van der Waals surface area contributed by atoms with E-state index in [1.54, 1.807) is 0 Å². The van der Waals surface area contributed by atoms with Gasteiger partial charge < -0.3 is 10.6 Å². The van der Waals surface area contributed by atoms with E-state index in [4.69, 9.17) is 0 Å². The van der Waals surface area contributed by atoms with Crippen molar-refractivity contribution in [2.75, 3.05) is 19.6 Å². The fourth-order valence-corrected chi connectivity index (χ4v) is 1.91. The van der Waals surface area contributed by atoms with Crippen molar-refractivity contribution in [3.8, 4) is 0 Å². The monoisotopic (exact) mass is 284 g/mol. The molecule has 1 aliphatic heterocycles. The highest BCUT2D eigenvalue weighted by Crippen LogP contribution is 2.33. The Morgan fingerprint density at radius 1 is 1.17 bits per heavy atom. The van der Waals surface area contributed by atoms with Gasteiger partial charge in [0, 0.05) is 31.2 Å². The summed E-state index contributed by atoms with van der Waals surface area (Å²) in [6, 6.07) is 2.97. The van der Waals surface area contributed by atoms with Crippen LogP contribution in [0.4, 0.5) is 17.6 Å². The van der Waals surface area contributed by atoms with Crippen molar-refractivity contribution >= 4 is 12.4 Å². The van der Waals surface area contributed by atoms with E-state index in [9.17, 15) is 17.6 Å². The Morgan fingerprint density at radius 3 is 2.44 bits per heavy atom. The van der Waals surface area contributed by atoms with Crippen molar-refractivity contribution in [1.29, 1.82) is 0 Å². The molecule has 1 atom stereocenters. The number of alkyl halides is 3. The Hall–Kier alpha value is -0.850. The fourth-order valence-electron chi connectivity index (χ4n) is 1.91. The average molecular weight is 285 g/mol. The smallest absolute Gasteiger partial charge is 0.314 e. The number of benzene rings is 1. The van der Waals surface area contributed by atoms with Gasteiger partial charge >= 0.3 is 6.18 Å². The third-order valence-electron chi connectivity index (χ3n) is 2.75. The van der Waals surface area contributed by atoms with E-state index in [1.165, 1.54) is 12.1 Å². The van der Waals surface area contributed by atoms with Crippen molar-refractivity contribution in [2.24, 2.45) is 0 Å². The largest absolute Gasteiger partial charge is 0.419 e. The summed E-state index contributed by atoms with van der Waals surface area (Å²) in [4.78, 5) is 0. The second kappa shape index (κ2) is 5.86. The van der Waals surface area contributed by atoms with Gasteiger partial charge in [0.2, 0.25) is 0 Å². The van der Waals surface area contributed by atoms with Crippen molar-refractivity contribution in [3.05, 3.63) is 35.1 Å². The molecule has 0 unspecified atom stereocenters. The summed E-state index contributed by atoms with van der Waals surface area (Å²) in [5.74, 6) is -1.18. The summed E-state index contributed by atoms with van der Waals surface area (Å²) >= 11 is 0. The quantitative estimate of drug-likeness (QED) is 0.774. The summed E-state index contributed by atoms with van der Waals surface area (Å²) in [7, 11) is 0. The number of piperazine rings is 1. The second-order valence-electron chi connectivity index (χ2n) is 3.92. The van der Waals surface area contributed by atoms with Crippen LogP contribution in [0.25, 0.3) is 0 Å². The summed E-state index contributed by atoms with van der Waals surface area (Å²) in [6.45, 7) is 1.77. The molecule has 0 bridgehead atoms. The molecule has 2 N–H and O–H groups in total.